The highest BCUT2D eigenvalue weighted by Crippen LogP contribution is 2.07. The molecule has 1 aromatic heterocycles. The highest BCUT2D eigenvalue weighted by molar-refractivity contribution is 5.30. The molecule has 0 aliphatic carbocycles. The smallest absolute Gasteiger partial charge is 0.0766 e. The number of para-hydroxylation sites is 1. The topological polar surface area (TPSA) is 29.9 Å². The molecule has 0 saturated heterocycles. The Hall–Kier alpha value is -1.61. The van der Waals surface area contributed by atoms with Crippen molar-refractivity contribution >= 4 is 0 Å². The van der Waals surface area contributed by atoms with Gasteiger partial charge in [0.25, 0.3) is 0 Å². The van der Waals surface area contributed by atoms with Crippen LogP contribution >= 0.6 is 0 Å². The number of hydrogen-bond acceptors (Lipinski definition) is 2. The van der Waals surface area contributed by atoms with Crippen LogP contribution in [0.3, 0.4) is 0 Å². The molecule has 3 heteroatoms. The fraction of sp³-hybridized carbons (Fsp3) is 0.400. The van der Waals surface area contributed by atoms with Crippen molar-refractivity contribution in [1.82, 2.24) is 15.1 Å². The first-order valence-electron chi connectivity index (χ1n) is 6.63. The zero-order valence-electron chi connectivity index (χ0n) is 11.1. The molecule has 18 heavy (non-hydrogen) atoms. The van der Waals surface area contributed by atoms with Gasteiger partial charge < -0.3 is 5.32 Å². The summed E-state index contributed by atoms with van der Waals surface area (Å²) >= 11 is 0. The predicted molar refractivity (Wildman–Crippen MR) is 74.8 cm³/mol. The molecule has 3 nitrogen and oxygen atoms in total. The Morgan fingerprint density at radius 2 is 2.00 bits per heavy atom. The molecule has 1 atom stereocenters. The summed E-state index contributed by atoms with van der Waals surface area (Å²) in [5.74, 6) is 0. The Labute approximate surface area is 109 Å². The quantitative estimate of drug-likeness (QED) is 0.844. The van der Waals surface area contributed by atoms with Crippen molar-refractivity contribution in [3.63, 3.8) is 0 Å². The molecule has 0 aliphatic heterocycles. The fourth-order valence-corrected chi connectivity index (χ4v) is 1.99. The van der Waals surface area contributed by atoms with Crippen LogP contribution in [0.1, 0.15) is 32.4 Å². The predicted octanol–water partition coefficient (Wildman–Crippen LogP) is 3.15. The van der Waals surface area contributed by atoms with Gasteiger partial charge in [-0.2, -0.15) is 5.10 Å². The molecular weight excluding hydrogens is 222 g/mol. The maximum absolute atomic E-state index is 4.57. The summed E-state index contributed by atoms with van der Waals surface area (Å²) in [6.07, 6.45) is 4.43. The standard InChI is InChI=1S/C15H21N3/c1-3-7-13(2)16-12-14-10-11-18(17-14)15-8-5-4-6-9-15/h4-6,8-11,13,16H,3,7,12H2,1-2H3. The largest absolute Gasteiger partial charge is 0.309 e. The van der Waals surface area contributed by atoms with E-state index >= 15 is 0 Å². The van der Waals surface area contributed by atoms with Gasteiger partial charge in [-0.3, -0.25) is 0 Å². The molecule has 0 amide bonds. The molecule has 0 bridgehead atoms. The van der Waals surface area contributed by atoms with Gasteiger partial charge in [-0.25, -0.2) is 4.68 Å². The first-order chi connectivity index (χ1) is 8.79. The third-order valence-electron chi connectivity index (χ3n) is 3.02. The van der Waals surface area contributed by atoms with Crippen LogP contribution in [0.2, 0.25) is 0 Å². The molecule has 2 aromatic rings. The molecule has 1 unspecified atom stereocenters. The van der Waals surface area contributed by atoms with Gasteiger partial charge in [0, 0.05) is 18.8 Å². The van der Waals surface area contributed by atoms with Crippen LogP contribution in [0.25, 0.3) is 5.69 Å². The first-order valence-corrected chi connectivity index (χ1v) is 6.63. The average molecular weight is 243 g/mol. The number of nitrogens with one attached hydrogen (secondary N) is 1. The van der Waals surface area contributed by atoms with E-state index in [0.29, 0.717) is 6.04 Å². The number of hydrogen-bond donors (Lipinski definition) is 1. The summed E-state index contributed by atoms with van der Waals surface area (Å²) in [5, 5.41) is 8.06. The van der Waals surface area contributed by atoms with Crippen LogP contribution in [0.5, 0.6) is 0 Å². The maximum atomic E-state index is 4.57. The highest BCUT2D eigenvalue weighted by Gasteiger charge is 2.03. The van der Waals surface area contributed by atoms with E-state index < -0.39 is 0 Å². The van der Waals surface area contributed by atoms with E-state index in [9.17, 15) is 0 Å². The van der Waals surface area contributed by atoms with Crippen molar-refractivity contribution < 1.29 is 0 Å². The first kappa shape index (κ1) is 12.8. The van der Waals surface area contributed by atoms with Gasteiger partial charge >= 0.3 is 0 Å². The van der Waals surface area contributed by atoms with Gasteiger partial charge in [-0.15, -0.1) is 0 Å². The minimum absolute atomic E-state index is 0.553. The number of aromatic nitrogens is 2. The highest BCUT2D eigenvalue weighted by atomic mass is 15.3. The van der Waals surface area contributed by atoms with Crippen molar-refractivity contribution in [2.45, 2.75) is 39.3 Å². The Morgan fingerprint density at radius 3 is 2.72 bits per heavy atom. The lowest BCUT2D eigenvalue weighted by molar-refractivity contribution is 0.503. The van der Waals surface area contributed by atoms with Crippen LogP contribution in [-0.2, 0) is 6.54 Å². The molecule has 0 saturated carbocycles. The minimum Gasteiger partial charge on any atom is -0.309 e. The van der Waals surface area contributed by atoms with E-state index in [4.69, 9.17) is 0 Å². The molecule has 0 radical (unpaired) electrons. The molecule has 96 valence electrons. The van der Waals surface area contributed by atoms with Crippen molar-refractivity contribution in [3.05, 3.63) is 48.3 Å². The second-order valence-corrected chi connectivity index (χ2v) is 4.66. The molecule has 0 spiro atoms. The maximum Gasteiger partial charge on any atom is 0.0766 e. The van der Waals surface area contributed by atoms with Gasteiger partial charge in [0.2, 0.25) is 0 Å². The second kappa shape index (κ2) is 6.36. The number of rotatable bonds is 6. The molecule has 1 N–H and O–H groups in total. The summed E-state index contributed by atoms with van der Waals surface area (Å²) in [7, 11) is 0. The van der Waals surface area contributed by atoms with Crippen LogP contribution in [0, 0.1) is 0 Å². The lowest BCUT2D eigenvalue weighted by atomic mass is 10.2. The zero-order chi connectivity index (χ0) is 12.8. The normalized spacial score (nSPS) is 12.6. The lowest BCUT2D eigenvalue weighted by Crippen LogP contribution is -2.25. The van der Waals surface area contributed by atoms with E-state index in [1.165, 1.54) is 12.8 Å². The van der Waals surface area contributed by atoms with Gasteiger partial charge in [0.05, 0.1) is 11.4 Å². The van der Waals surface area contributed by atoms with Gasteiger partial charge in [-0.1, -0.05) is 31.5 Å². The van der Waals surface area contributed by atoms with Crippen molar-refractivity contribution in [1.29, 1.82) is 0 Å². The van der Waals surface area contributed by atoms with Crippen LogP contribution in [-0.4, -0.2) is 15.8 Å². The minimum atomic E-state index is 0.553. The molecule has 0 aliphatic rings. The summed E-state index contributed by atoms with van der Waals surface area (Å²) in [5.41, 5.74) is 2.19. The van der Waals surface area contributed by atoms with E-state index in [-0.39, 0.29) is 0 Å². The van der Waals surface area contributed by atoms with Crippen LogP contribution in [0.15, 0.2) is 42.6 Å². The van der Waals surface area contributed by atoms with E-state index in [2.05, 4.69) is 42.5 Å². The second-order valence-electron chi connectivity index (χ2n) is 4.66. The van der Waals surface area contributed by atoms with Gasteiger partial charge in [0.15, 0.2) is 0 Å². The molecular formula is C15H21N3. The fourth-order valence-electron chi connectivity index (χ4n) is 1.99. The Kier molecular flexibility index (Phi) is 4.53. The summed E-state index contributed by atoms with van der Waals surface area (Å²) in [6.45, 7) is 5.26. The number of nitrogens with zero attached hydrogens (tertiary/aromatic N) is 2. The molecule has 2 rings (SSSR count). The van der Waals surface area contributed by atoms with Crippen molar-refractivity contribution in [3.8, 4) is 5.69 Å². The van der Waals surface area contributed by atoms with E-state index in [1.807, 2.05) is 29.1 Å². The Morgan fingerprint density at radius 1 is 1.22 bits per heavy atom. The van der Waals surface area contributed by atoms with E-state index in [0.717, 1.165) is 17.9 Å². The molecule has 0 fully saturated rings. The summed E-state index contributed by atoms with van der Waals surface area (Å²) in [6, 6.07) is 12.8. The summed E-state index contributed by atoms with van der Waals surface area (Å²) in [4.78, 5) is 0. The SMILES string of the molecule is CCCC(C)NCc1ccn(-c2ccccc2)n1. The van der Waals surface area contributed by atoms with Crippen LogP contribution in [0.4, 0.5) is 0 Å². The number of benzene rings is 1. The van der Waals surface area contributed by atoms with Gasteiger partial charge in [-0.05, 0) is 31.5 Å². The molecule has 1 heterocycles. The third kappa shape index (κ3) is 3.44. The third-order valence-corrected chi connectivity index (χ3v) is 3.02. The van der Waals surface area contributed by atoms with Gasteiger partial charge in [0.1, 0.15) is 0 Å². The zero-order valence-corrected chi connectivity index (χ0v) is 11.1. The average Bonchev–Trinajstić information content (AvgIpc) is 2.87. The monoisotopic (exact) mass is 243 g/mol. The Balaban J connectivity index is 1.95. The van der Waals surface area contributed by atoms with Crippen LogP contribution < -0.4 is 5.32 Å². The van der Waals surface area contributed by atoms with E-state index in [1.54, 1.807) is 0 Å². The lowest BCUT2D eigenvalue weighted by Gasteiger charge is -2.10. The van der Waals surface area contributed by atoms with Crippen molar-refractivity contribution in [2.75, 3.05) is 0 Å². The van der Waals surface area contributed by atoms with Crippen molar-refractivity contribution in [2.24, 2.45) is 0 Å². The molecule has 1 aromatic carbocycles. The summed E-state index contributed by atoms with van der Waals surface area (Å²) < 4.78 is 1.92. The Bertz CT molecular complexity index is 462.